The molecule has 1 N–H and O–H groups in total. The zero-order valence-corrected chi connectivity index (χ0v) is 20.9. The lowest BCUT2D eigenvalue weighted by Gasteiger charge is -2.19. The summed E-state index contributed by atoms with van der Waals surface area (Å²) in [6, 6.07) is 12.5. The fraction of sp³-hybridized carbons (Fsp3) is 0.261. The molecule has 1 saturated heterocycles. The highest BCUT2D eigenvalue weighted by molar-refractivity contribution is 14.1. The van der Waals surface area contributed by atoms with E-state index in [2.05, 4.69) is 27.9 Å². The van der Waals surface area contributed by atoms with Gasteiger partial charge in [-0.2, -0.15) is 0 Å². The van der Waals surface area contributed by atoms with E-state index in [4.69, 9.17) is 9.47 Å². The van der Waals surface area contributed by atoms with Gasteiger partial charge in [0.2, 0.25) is 0 Å². The second-order valence-corrected chi connectivity index (χ2v) is 9.20. The Balaban J connectivity index is 1.75. The summed E-state index contributed by atoms with van der Waals surface area (Å²) < 4.78 is 11.9. The van der Waals surface area contributed by atoms with E-state index in [0.29, 0.717) is 37.6 Å². The van der Waals surface area contributed by atoms with Crippen molar-refractivity contribution in [1.29, 1.82) is 0 Å². The highest BCUT2D eigenvalue weighted by Gasteiger charge is 2.37. The highest BCUT2D eigenvalue weighted by Crippen LogP contribution is 2.38. The molecular formula is C23H23IN2O5S. The number of halogens is 1. The number of anilines is 1. The van der Waals surface area contributed by atoms with Gasteiger partial charge in [0.05, 0.1) is 15.6 Å². The molecule has 1 aliphatic rings. The number of rotatable bonds is 8. The molecule has 0 aromatic heterocycles. The van der Waals surface area contributed by atoms with Crippen molar-refractivity contribution in [2.75, 3.05) is 19.0 Å². The van der Waals surface area contributed by atoms with Crippen molar-refractivity contribution in [1.82, 2.24) is 4.90 Å². The molecule has 1 heterocycles. The van der Waals surface area contributed by atoms with Gasteiger partial charge in [-0.3, -0.25) is 19.3 Å². The molecular weight excluding hydrogens is 543 g/mol. The van der Waals surface area contributed by atoms with Gasteiger partial charge in [-0.15, -0.1) is 0 Å². The minimum absolute atomic E-state index is 0.152. The predicted molar refractivity (Wildman–Crippen MR) is 134 cm³/mol. The number of thioether (sulfide) groups is 1. The Bertz CT molecular complexity index is 1060. The van der Waals surface area contributed by atoms with E-state index in [-0.39, 0.29) is 29.7 Å². The van der Waals surface area contributed by atoms with Crippen LogP contribution in [0.2, 0.25) is 0 Å². The molecule has 2 aromatic rings. The summed E-state index contributed by atoms with van der Waals surface area (Å²) in [7, 11) is 1.50. The number of para-hydroxylation sites is 1. The van der Waals surface area contributed by atoms with Crippen LogP contribution in [-0.4, -0.2) is 41.7 Å². The number of carbonyl (C=O) groups excluding carboxylic acids is 3. The van der Waals surface area contributed by atoms with Crippen molar-refractivity contribution in [3.05, 3.63) is 56.5 Å². The first-order valence-corrected chi connectivity index (χ1v) is 11.9. The van der Waals surface area contributed by atoms with Gasteiger partial charge in [0.25, 0.3) is 17.1 Å². The lowest BCUT2D eigenvalue weighted by atomic mass is 10.1. The van der Waals surface area contributed by atoms with Crippen molar-refractivity contribution in [2.24, 2.45) is 0 Å². The minimum atomic E-state index is -0.295. The Morgan fingerprint density at radius 2 is 1.97 bits per heavy atom. The van der Waals surface area contributed by atoms with Crippen LogP contribution in [0.4, 0.5) is 10.5 Å². The SMILES string of the molecule is CC[C@H](C)N1C(=O)S/C(=C/c2cc(I)c(OCC(=O)Nc3ccccc3)c(OC)c2)C1=O. The molecule has 0 spiro atoms. The molecule has 0 aliphatic carbocycles. The minimum Gasteiger partial charge on any atom is -0.493 e. The van der Waals surface area contributed by atoms with E-state index in [1.54, 1.807) is 24.3 Å². The monoisotopic (exact) mass is 566 g/mol. The fourth-order valence-electron chi connectivity index (χ4n) is 3.01. The molecule has 0 saturated carbocycles. The number of nitrogens with one attached hydrogen (secondary N) is 1. The Hall–Kier alpha value is -2.53. The average Bonchev–Trinajstić information content (AvgIpc) is 3.05. The first-order valence-electron chi connectivity index (χ1n) is 9.96. The molecule has 0 unspecified atom stereocenters. The van der Waals surface area contributed by atoms with Crippen LogP contribution < -0.4 is 14.8 Å². The summed E-state index contributed by atoms with van der Waals surface area (Å²) in [5.41, 5.74) is 1.38. The Morgan fingerprint density at radius 3 is 2.62 bits per heavy atom. The topological polar surface area (TPSA) is 84.9 Å². The lowest BCUT2D eigenvalue weighted by Crippen LogP contribution is -2.36. The van der Waals surface area contributed by atoms with Gasteiger partial charge in [-0.05, 0) is 83.6 Å². The largest absolute Gasteiger partial charge is 0.493 e. The van der Waals surface area contributed by atoms with Gasteiger partial charge in [0.15, 0.2) is 18.1 Å². The lowest BCUT2D eigenvalue weighted by molar-refractivity contribution is -0.124. The highest BCUT2D eigenvalue weighted by atomic mass is 127. The van der Waals surface area contributed by atoms with Crippen LogP contribution >= 0.6 is 34.4 Å². The van der Waals surface area contributed by atoms with Gasteiger partial charge in [0, 0.05) is 11.7 Å². The van der Waals surface area contributed by atoms with Crippen LogP contribution in [0.15, 0.2) is 47.4 Å². The molecule has 168 valence electrons. The molecule has 1 aliphatic heterocycles. The average molecular weight is 566 g/mol. The van der Waals surface area contributed by atoms with Crippen molar-refractivity contribution in [3.63, 3.8) is 0 Å². The van der Waals surface area contributed by atoms with Gasteiger partial charge < -0.3 is 14.8 Å². The Kier molecular flexibility index (Phi) is 8.19. The van der Waals surface area contributed by atoms with Crippen LogP contribution in [0.25, 0.3) is 6.08 Å². The smallest absolute Gasteiger partial charge is 0.293 e. The number of amides is 3. The number of ether oxygens (including phenoxy) is 2. The van der Waals surface area contributed by atoms with E-state index in [1.807, 2.05) is 38.1 Å². The normalized spacial score (nSPS) is 15.8. The molecule has 2 aromatic carbocycles. The summed E-state index contributed by atoms with van der Waals surface area (Å²) in [6.45, 7) is 3.60. The second-order valence-electron chi connectivity index (χ2n) is 7.05. The van der Waals surface area contributed by atoms with Crippen LogP contribution in [0, 0.1) is 3.57 Å². The van der Waals surface area contributed by atoms with E-state index in [0.717, 1.165) is 11.8 Å². The number of nitrogens with zero attached hydrogens (tertiary/aromatic N) is 1. The number of methoxy groups -OCH3 is 1. The van der Waals surface area contributed by atoms with Crippen LogP contribution in [-0.2, 0) is 9.59 Å². The van der Waals surface area contributed by atoms with Gasteiger partial charge in [-0.25, -0.2) is 0 Å². The number of hydrogen-bond acceptors (Lipinski definition) is 6. The molecule has 0 radical (unpaired) electrons. The molecule has 0 bridgehead atoms. The zero-order chi connectivity index (χ0) is 23.3. The van der Waals surface area contributed by atoms with Crippen LogP contribution in [0.1, 0.15) is 25.8 Å². The Labute approximate surface area is 204 Å². The third-order valence-corrected chi connectivity index (χ3v) is 6.49. The zero-order valence-electron chi connectivity index (χ0n) is 17.9. The van der Waals surface area contributed by atoms with E-state index in [1.165, 1.54) is 12.0 Å². The Morgan fingerprint density at radius 1 is 1.25 bits per heavy atom. The van der Waals surface area contributed by atoms with Crippen molar-refractivity contribution in [3.8, 4) is 11.5 Å². The standard InChI is InChI=1S/C23H23IN2O5S/c1-4-14(2)26-22(28)19(32-23(26)29)12-15-10-17(24)21(18(11-15)30-3)31-13-20(27)25-16-8-6-5-7-9-16/h5-12,14H,4,13H2,1-3H3,(H,25,27)/b19-12+/t14-/m0/s1. The first-order chi connectivity index (χ1) is 15.3. The molecule has 1 atom stereocenters. The van der Waals surface area contributed by atoms with Crippen molar-refractivity contribution < 1.29 is 23.9 Å². The maximum absolute atomic E-state index is 12.7. The van der Waals surface area contributed by atoms with Gasteiger partial charge in [-0.1, -0.05) is 25.1 Å². The van der Waals surface area contributed by atoms with Gasteiger partial charge in [0.1, 0.15) is 0 Å². The summed E-state index contributed by atoms with van der Waals surface area (Å²) in [6.07, 6.45) is 2.37. The maximum Gasteiger partial charge on any atom is 0.293 e. The van der Waals surface area contributed by atoms with E-state index < -0.39 is 0 Å². The summed E-state index contributed by atoms with van der Waals surface area (Å²) in [5, 5.41) is 2.50. The van der Waals surface area contributed by atoms with Crippen molar-refractivity contribution >= 4 is 63.2 Å². The maximum atomic E-state index is 12.7. The number of hydrogen-bond donors (Lipinski definition) is 1. The molecule has 9 heteroatoms. The van der Waals surface area contributed by atoms with Crippen LogP contribution in [0.5, 0.6) is 11.5 Å². The molecule has 32 heavy (non-hydrogen) atoms. The van der Waals surface area contributed by atoms with E-state index >= 15 is 0 Å². The number of benzene rings is 2. The molecule has 3 amide bonds. The third-order valence-electron chi connectivity index (χ3n) is 4.81. The summed E-state index contributed by atoms with van der Waals surface area (Å²) in [5.74, 6) is 0.274. The summed E-state index contributed by atoms with van der Waals surface area (Å²) in [4.78, 5) is 38.8. The molecule has 7 nitrogen and oxygen atoms in total. The second kappa shape index (κ2) is 10.9. The van der Waals surface area contributed by atoms with Crippen LogP contribution in [0.3, 0.4) is 0 Å². The fourth-order valence-corrected chi connectivity index (χ4v) is 4.72. The van der Waals surface area contributed by atoms with Crippen molar-refractivity contribution in [2.45, 2.75) is 26.3 Å². The number of carbonyl (C=O) groups is 3. The predicted octanol–water partition coefficient (Wildman–Crippen LogP) is 5.15. The quantitative estimate of drug-likeness (QED) is 0.352. The van der Waals surface area contributed by atoms with E-state index in [9.17, 15) is 14.4 Å². The first kappa shape index (κ1) is 24.1. The molecule has 1 fully saturated rings. The molecule has 3 rings (SSSR count). The summed E-state index contributed by atoms with van der Waals surface area (Å²) >= 11 is 3.02. The third kappa shape index (κ3) is 5.63. The number of imide groups is 1. The van der Waals surface area contributed by atoms with Gasteiger partial charge >= 0.3 is 0 Å².